The lowest BCUT2D eigenvalue weighted by molar-refractivity contribution is -0.156. The zero-order valence-electron chi connectivity index (χ0n) is 18.6. The molecule has 35 heavy (non-hydrogen) atoms. The van der Waals surface area contributed by atoms with Crippen molar-refractivity contribution in [3.05, 3.63) is 82.9 Å². The van der Waals surface area contributed by atoms with E-state index in [-0.39, 0.29) is 29.7 Å². The standard InChI is InChI=1S/C24H22ClN3O6S/c1-24(16-8-4-2-5-9-16,17-10-6-3-7-11-17)34-20(30)12-13-33-28-21(22(31)32)18-15-35-23(26-18)27-19(29)14-25/h2-11,15H,12-14H2,1H3,(H,31,32)(H,26,27,29). The van der Waals surface area contributed by atoms with E-state index in [2.05, 4.69) is 15.5 Å². The van der Waals surface area contributed by atoms with Gasteiger partial charge in [0, 0.05) is 5.38 Å². The molecule has 0 radical (unpaired) electrons. The van der Waals surface area contributed by atoms with Crippen LogP contribution in [0.3, 0.4) is 0 Å². The number of oxime groups is 1. The van der Waals surface area contributed by atoms with Crippen molar-refractivity contribution in [2.75, 3.05) is 17.8 Å². The molecule has 2 N–H and O–H groups in total. The molecule has 1 heterocycles. The first kappa shape index (κ1) is 25.9. The summed E-state index contributed by atoms with van der Waals surface area (Å²) >= 11 is 6.44. The van der Waals surface area contributed by atoms with E-state index in [1.165, 1.54) is 5.38 Å². The first-order valence-electron chi connectivity index (χ1n) is 10.4. The van der Waals surface area contributed by atoms with Gasteiger partial charge in [-0.25, -0.2) is 9.78 Å². The first-order chi connectivity index (χ1) is 16.8. The molecule has 0 unspecified atom stereocenters. The number of benzene rings is 2. The molecule has 2 aromatic carbocycles. The van der Waals surface area contributed by atoms with Crippen LogP contribution in [0, 0.1) is 0 Å². The van der Waals surface area contributed by atoms with E-state index in [0.717, 1.165) is 22.5 Å². The molecule has 0 saturated heterocycles. The largest absolute Gasteiger partial charge is 0.476 e. The fourth-order valence-electron chi connectivity index (χ4n) is 3.10. The van der Waals surface area contributed by atoms with E-state index in [9.17, 15) is 19.5 Å². The molecule has 9 nitrogen and oxygen atoms in total. The number of anilines is 1. The second kappa shape index (κ2) is 12.1. The third-order valence-electron chi connectivity index (χ3n) is 4.84. The zero-order valence-corrected chi connectivity index (χ0v) is 20.2. The molecule has 11 heteroatoms. The summed E-state index contributed by atoms with van der Waals surface area (Å²) in [7, 11) is 0. The third-order valence-corrected chi connectivity index (χ3v) is 5.84. The van der Waals surface area contributed by atoms with Crippen LogP contribution < -0.4 is 5.32 Å². The van der Waals surface area contributed by atoms with Gasteiger partial charge in [-0.3, -0.25) is 9.59 Å². The molecule has 0 aliphatic rings. The molecule has 182 valence electrons. The van der Waals surface area contributed by atoms with Crippen LogP contribution in [0.15, 0.2) is 71.2 Å². The van der Waals surface area contributed by atoms with Gasteiger partial charge in [0.1, 0.15) is 18.2 Å². The molecule has 1 amide bonds. The molecule has 1 aromatic heterocycles. The lowest BCUT2D eigenvalue weighted by Gasteiger charge is -2.30. The molecule has 0 saturated carbocycles. The summed E-state index contributed by atoms with van der Waals surface area (Å²) in [4.78, 5) is 44.7. The van der Waals surface area contributed by atoms with E-state index in [0.29, 0.717) is 0 Å². The number of nitrogens with zero attached hydrogens (tertiary/aromatic N) is 2. The summed E-state index contributed by atoms with van der Waals surface area (Å²) < 4.78 is 5.85. The second-order valence-electron chi connectivity index (χ2n) is 7.29. The number of alkyl halides is 1. The normalized spacial score (nSPS) is 11.5. The topological polar surface area (TPSA) is 127 Å². The number of aliphatic carboxylic acids is 1. The van der Waals surface area contributed by atoms with Crippen molar-refractivity contribution in [1.29, 1.82) is 0 Å². The Hall–Kier alpha value is -3.76. The fourth-order valence-corrected chi connectivity index (χ4v) is 3.88. The summed E-state index contributed by atoms with van der Waals surface area (Å²) in [6, 6.07) is 18.7. The van der Waals surface area contributed by atoms with Gasteiger partial charge in [-0.1, -0.05) is 65.8 Å². The van der Waals surface area contributed by atoms with Crippen molar-refractivity contribution in [3.8, 4) is 0 Å². The molecule has 3 rings (SSSR count). The molecular formula is C24H22ClN3O6S. The van der Waals surface area contributed by atoms with Gasteiger partial charge in [0.25, 0.3) is 0 Å². The lowest BCUT2D eigenvalue weighted by Crippen LogP contribution is -2.31. The number of esters is 1. The van der Waals surface area contributed by atoms with Gasteiger partial charge in [0.2, 0.25) is 11.6 Å². The number of hydrogen-bond acceptors (Lipinski definition) is 8. The highest BCUT2D eigenvalue weighted by Crippen LogP contribution is 2.33. The smallest absolute Gasteiger partial charge is 0.360 e. The molecule has 3 aromatic rings. The van der Waals surface area contributed by atoms with Crippen molar-refractivity contribution >= 4 is 51.6 Å². The second-order valence-corrected chi connectivity index (χ2v) is 8.41. The zero-order chi connectivity index (χ0) is 25.3. The summed E-state index contributed by atoms with van der Waals surface area (Å²) in [5.74, 6) is -2.67. The minimum atomic E-state index is -1.38. The van der Waals surface area contributed by atoms with E-state index in [1.54, 1.807) is 6.92 Å². The van der Waals surface area contributed by atoms with Gasteiger partial charge in [-0.05, 0) is 18.1 Å². The molecular weight excluding hydrogens is 494 g/mol. The number of thiazole rings is 1. The van der Waals surface area contributed by atoms with E-state index < -0.39 is 29.2 Å². The highest BCUT2D eigenvalue weighted by Gasteiger charge is 2.33. The number of nitrogens with one attached hydrogen (secondary N) is 1. The van der Waals surface area contributed by atoms with Gasteiger partial charge >= 0.3 is 11.9 Å². The Labute approximate surface area is 210 Å². The Morgan fingerprint density at radius 1 is 1.09 bits per heavy atom. The van der Waals surface area contributed by atoms with Crippen molar-refractivity contribution in [1.82, 2.24) is 4.98 Å². The van der Waals surface area contributed by atoms with E-state index in [1.807, 2.05) is 60.7 Å². The number of rotatable bonds is 11. The van der Waals surface area contributed by atoms with Crippen LogP contribution in [0.2, 0.25) is 0 Å². The maximum atomic E-state index is 12.7. The monoisotopic (exact) mass is 515 g/mol. The molecule has 0 aliphatic carbocycles. The maximum absolute atomic E-state index is 12.7. The SMILES string of the molecule is CC(OC(=O)CCON=C(C(=O)O)c1csc(NC(=O)CCl)n1)(c1ccccc1)c1ccccc1. The molecule has 0 bridgehead atoms. The summed E-state index contributed by atoms with van der Waals surface area (Å²) in [5.41, 5.74) is 0.0918. The minimum absolute atomic E-state index is 0.00400. The predicted molar refractivity (Wildman–Crippen MR) is 132 cm³/mol. The van der Waals surface area contributed by atoms with Crippen LogP contribution in [0.4, 0.5) is 5.13 Å². The number of carbonyl (C=O) groups excluding carboxylic acids is 2. The molecule has 0 fully saturated rings. The van der Waals surface area contributed by atoms with Gasteiger partial charge in [-0.15, -0.1) is 22.9 Å². The van der Waals surface area contributed by atoms with Crippen molar-refractivity contribution in [2.45, 2.75) is 18.9 Å². The van der Waals surface area contributed by atoms with Crippen LogP contribution in [0.25, 0.3) is 0 Å². The number of halogens is 1. The minimum Gasteiger partial charge on any atom is -0.476 e. The van der Waals surface area contributed by atoms with Gasteiger partial charge < -0.3 is 20.0 Å². The first-order valence-corrected chi connectivity index (χ1v) is 11.8. The summed E-state index contributed by atoms with van der Waals surface area (Å²) in [5, 5.41) is 17.0. The summed E-state index contributed by atoms with van der Waals surface area (Å²) in [6.07, 6.45) is -0.167. The Bertz CT molecular complexity index is 1160. The number of hydrogen-bond donors (Lipinski definition) is 2. The van der Waals surface area contributed by atoms with Crippen LogP contribution in [0.5, 0.6) is 0 Å². The number of carbonyl (C=O) groups is 3. The highest BCUT2D eigenvalue weighted by molar-refractivity contribution is 7.14. The van der Waals surface area contributed by atoms with Crippen LogP contribution in [-0.2, 0) is 29.6 Å². The van der Waals surface area contributed by atoms with Crippen molar-refractivity contribution in [2.24, 2.45) is 5.16 Å². The quantitative estimate of drug-likeness (QED) is 0.130. The molecule has 0 spiro atoms. The molecule has 0 atom stereocenters. The van der Waals surface area contributed by atoms with Gasteiger partial charge in [0.15, 0.2) is 10.7 Å². The third kappa shape index (κ3) is 6.87. The summed E-state index contributed by atoms with van der Waals surface area (Å²) in [6.45, 7) is 1.59. The molecule has 0 aliphatic heterocycles. The van der Waals surface area contributed by atoms with E-state index in [4.69, 9.17) is 21.2 Å². The maximum Gasteiger partial charge on any atom is 0.360 e. The average molecular weight is 516 g/mol. The van der Waals surface area contributed by atoms with Gasteiger partial charge in [0.05, 0.1) is 6.42 Å². The Morgan fingerprint density at radius 3 is 2.23 bits per heavy atom. The average Bonchev–Trinajstić information content (AvgIpc) is 3.32. The Balaban J connectivity index is 1.65. The van der Waals surface area contributed by atoms with Gasteiger partial charge in [-0.2, -0.15) is 0 Å². The number of amides is 1. The van der Waals surface area contributed by atoms with Crippen LogP contribution >= 0.6 is 22.9 Å². The van der Waals surface area contributed by atoms with Crippen molar-refractivity contribution < 1.29 is 29.1 Å². The number of aromatic nitrogens is 1. The highest BCUT2D eigenvalue weighted by atomic mass is 35.5. The predicted octanol–water partition coefficient (Wildman–Crippen LogP) is 4.02. The fraction of sp³-hybridized carbons (Fsp3) is 0.208. The van der Waals surface area contributed by atoms with E-state index >= 15 is 0 Å². The number of ether oxygens (including phenoxy) is 1. The number of carboxylic acids is 1. The lowest BCUT2D eigenvalue weighted by atomic mass is 9.88. The number of carboxylic acid groups (broad SMARTS) is 1. The van der Waals surface area contributed by atoms with Crippen molar-refractivity contribution in [3.63, 3.8) is 0 Å². The van der Waals surface area contributed by atoms with Crippen LogP contribution in [0.1, 0.15) is 30.2 Å². The Kier molecular flexibility index (Phi) is 8.93. The Morgan fingerprint density at radius 2 is 1.69 bits per heavy atom. The van der Waals surface area contributed by atoms with Crippen LogP contribution in [-0.4, -0.2) is 46.1 Å².